The third-order valence-corrected chi connectivity index (χ3v) is 4.60. The van der Waals surface area contributed by atoms with Crippen LogP contribution in [0.3, 0.4) is 0 Å². The highest BCUT2D eigenvalue weighted by Gasteiger charge is 2.27. The van der Waals surface area contributed by atoms with Crippen LogP contribution in [0.15, 0.2) is 0 Å². The molecule has 22 heavy (non-hydrogen) atoms. The Morgan fingerprint density at radius 1 is 1.27 bits per heavy atom. The van der Waals surface area contributed by atoms with Gasteiger partial charge < -0.3 is 14.7 Å². The lowest BCUT2D eigenvalue weighted by Gasteiger charge is -2.35. The molecule has 1 atom stereocenters. The third kappa shape index (κ3) is 5.57. The van der Waals surface area contributed by atoms with Crippen molar-refractivity contribution in [1.82, 2.24) is 9.80 Å². The van der Waals surface area contributed by atoms with Crippen molar-refractivity contribution in [2.75, 3.05) is 39.8 Å². The van der Waals surface area contributed by atoms with E-state index in [1.54, 1.807) is 11.9 Å². The number of carbonyl (C=O) groups excluding carboxylic acids is 1. The standard InChI is InChI=1S/C16H28N2O4/c1-17(12-16(20)21)10-14-11-18(7-8-22-14)15(19)9-13-5-3-2-4-6-13/h13-14H,2-12H2,1H3,(H,20,21)/t14-/m1/s1. The summed E-state index contributed by atoms with van der Waals surface area (Å²) in [4.78, 5) is 26.8. The van der Waals surface area contributed by atoms with Gasteiger partial charge in [-0.25, -0.2) is 0 Å². The molecule has 1 aliphatic carbocycles. The number of amides is 1. The highest BCUT2D eigenvalue weighted by Crippen LogP contribution is 2.27. The van der Waals surface area contributed by atoms with Crippen LogP contribution < -0.4 is 0 Å². The number of likely N-dealkylation sites (N-methyl/N-ethyl adjacent to an activating group) is 1. The Hall–Kier alpha value is -1.14. The minimum atomic E-state index is -0.844. The summed E-state index contributed by atoms with van der Waals surface area (Å²) < 4.78 is 5.67. The largest absolute Gasteiger partial charge is 0.480 e. The van der Waals surface area contributed by atoms with Crippen LogP contribution in [0.25, 0.3) is 0 Å². The van der Waals surface area contributed by atoms with E-state index in [0.29, 0.717) is 38.6 Å². The average Bonchev–Trinajstić information content (AvgIpc) is 2.47. The second-order valence-corrected chi connectivity index (χ2v) is 6.63. The van der Waals surface area contributed by atoms with Crippen molar-refractivity contribution in [1.29, 1.82) is 0 Å². The Bertz CT molecular complexity index is 382. The maximum absolute atomic E-state index is 12.4. The van der Waals surface area contributed by atoms with E-state index in [4.69, 9.17) is 9.84 Å². The molecule has 1 amide bonds. The molecule has 1 saturated carbocycles. The van der Waals surface area contributed by atoms with Gasteiger partial charge in [0, 0.05) is 26.1 Å². The summed E-state index contributed by atoms with van der Waals surface area (Å²) in [6.07, 6.45) is 6.75. The Labute approximate surface area is 132 Å². The van der Waals surface area contributed by atoms with Gasteiger partial charge in [-0.05, 0) is 25.8 Å². The second kappa shape index (κ2) is 8.48. The zero-order valence-electron chi connectivity index (χ0n) is 13.5. The van der Waals surface area contributed by atoms with Crippen LogP contribution in [-0.2, 0) is 14.3 Å². The highest BCUT2D eigenvalue weighted by molar-refractivity contribution is 5.76. The van der Waals surface area contributed by atoms with Gasteiger partial charge in [0.15, 0.2) is 0 Å². The summed E-state index contributed by atoms with van der Waals surface area (Å²) in [7, 11) is 1.76. The van der Waals surface area contributed by atoms with E-state index in [9.17, 15) is 9.59 Å². The predicted octanol–water partition coefficient (Wildman–Crippen LogP) is 1.20. The normalized spacial score (nSPS) is 23.7. The Balaban J connectivity index is 1.76. The van der Waals surface area contributed by atoms with Gasteiger partial charge in [-0.15, -0.1) is 0 Å². The fourth-order valence-corrected chi connectivity index (χ4v) is 3.47. The van der Waals surface area contributed by atoms with Crippen LogP contribution in [0.5, 0.6) is 0 Å². The van der Waals surface area contributed by atoms with Crippen LogP contribution in [0, 0.1) is 5.92 Å². The Morgan fingerprint density at radius 3 is 2.68 bits per heavy atom. The van der Waals surface area contributed by atoms with Gasteiger partial charge in [-0.3, -0.25) is 14.5 Å². The van der Waals surface area contributed by atoms with Gasteiger partial charge in [-0.1, -0.05) is 19.3 Å². The molecular formula is C16H28N2O4. The number of carboxylic acids is 1. The molecular weight excluding hydrogens is 284 g/mol. The molecule has 0 aromatic heterocycles. The third-order valence-electron chi connectivity index (χ3n) is 4.60. The summed E-state index contributed by atoms with van der Waals surface area (Å²) in [5, 5.41) is 8.79. The van der Waals surface area contributed by atoms with E-state index in [1.807, 2.05) is 4.90 Å². The number of hydrogen-bond donors (Lipinski definition) is 1. The number of morpholine rings is 1. The fourth-order valence-electron chi connectivity index (χ4n) is 3.47. The lowest BCUT2D eigenvalue weighted by Crippen LogP contribution is -2.50. The first kappa shape index (κ1) is 17.2. The van der Waals surface area contributed by atoms with Gasteiger partial charge in [0.2, 0.25) is 5.91 Å². The first-order valence-electron chi connectivity index (χ1n) is 8.34. The maximum atomic E-state index is 12.4. The number of carboxylic acid groups (broad SMARTS) is 1. The average molecular weight is 312 g/mol. The molecule has 2 fully saturated rings. The molecule has 6 nitrogen and oxygen atoms in total. The topological polar surface area (TPSA) is 70.1 Å². The predicted molar refractivity (Wildman–Crippen MR) is 82.6 cm³/mol. The van der Waals surface area contributed by atoms with Crippen molar-refractivity contribution in [3.05, 3.63) is 0 Å². The van der Waals surface area contributed by atoms with Crippen LogP contribution in [-0.4, -0.2) is 72.7 Å². The van der Waals surface area contributed by atoms with Crippen molar-refractivity contribution >= 4 is 11.9 Å². The molecule has 2 aliphatic rings. The molecule has 126 valence electrons. The van der Waals surface area contributed by atoms with E-state index >= 15 is 0 Å². The van der Waals surface area contributed by atoms with Gasteiger partial charge in [0.05, 0.1) is 19.3 Å². The van der Waals surface area contributed by atoms with Crippen LogP contribution in [0.4, 0.5) is 0 Å². The lowest BCUT2D eigenvalue weighted by atomic mass is 9.86. The molecule has 1 aliphatic heterocycles. The SMILES string of the molecule is CN(CC(=O)O)C[C@@H]1CN(C(=O)CC2CCCCC2)CCO1. The minimum Gasteiger partial charge on any atom is -0.480 e. The molecule has 0 radical (unpaired) electrons. The Kier molecular flexibility index (Phi) is 6.64. The van der Waals surface area contributed by atoms with E-state index in [-0.39, 0.29) is 18.6 Å². The van der Waals surface area contributed by atoms with E-state index in [0.717, 1.165) is 0 Å². The van der Waals surface area contributed by atoms with Crippen molar-refractivity contribution in [2.24, 2.45) is 5.92 Å². The first-order valence-corrected chi connectivity index (χ1v) is 8.34. The van der Waals surface area contributed by atoms with Crippen LogP contribution >= 0.6 is 0 Å². The molecule has 0 spiro atoms. The second-order valence-electron chi connectivity index (χ2n) is 6.63. The van der Waals surface area contributed by atoms with Crippen LogP contribution in [0.2, 0.25) is 0 Å². The molecule has 2 rings (SSSR count). The lowest BCUT2D eigenvalue weighted by molar-refractivity contribution is -0.143. The van der Waals surface area contributed by atoms with E-state index < -0.39 is 5.97 Å². The number of ether oxygens (including phenoxy) is 1. The summed E-state index contributed by atoms with van der Waals surface area (Å²) in [6, 6.07) is 0. The number of carbonyl (C=O) groups is 2. The molecule has 0 aromatic rings. The zero-order chi connectivity index (χ0) is 15.9. The molecule has 0 aromatic carbocycles. The fraction of sp³-hybridized carbons (Fsp3) is 0.875. The number of hydrogen-bond acceptors (Lipinski definition) is 4. The van der Waals surface area contributed by atoms with Crippen molar-refractivity contribution in [3.63, 3.8) is 0 Å². The molecule has 0 unspecified atom stereocenters. The van der Waals surface area contributed by atoms with Crippen LogP contribution in [0.1, 0.15) is 38.5 Å². The quantitative estimate of drug-likeness (QED) is 0.798. The van der Waals surface area contributed by atoms with Crippen molar-refractivity contribution in [3.8, 4) is 0 Å². The van der Waals surface area contributed by atoms with Gasteiger partial charge in [0.1, 0.15) is 0 Å². The summed E-state index contributed by atoms with van der Waals surface area (Å²) >= 11 is 0. The molecule has 1 N–H and O–H groups in total. The highest BCUT2D eigenvalue weighted by atomic mass is 16.5. The van der Waals surface area contributed by atoms with Gasteiger partial charge in [-0.2, -0.15) is 0 Å². The molecule has 1 saturated heterocycles. The number of nitrogens with zero attached hydrogens (tertiary/aromatic N) is 2. The first-order chi connectivity index (χ1) is 10.5. The number of rotatable bonds is 6. The summed E-state index contributed by atoms with van der Waals surface area (Å²) in [5.41, 5.74) is 0. The maximum Gasteiger partial charge on any atom is 0.317 e. The smallest absolute Gasteiger partial charge is 0.317 e. The summed E-state index contributed by atoms with van der Waals surface area (Å²) in [6.45, 7) is 2.32. The van der Waals surface area contributed by atoms with Crippen molar-refractivity contribution in [2.45, 2.75) is 44.6 Å². The van der Waals surface area contributed by atoms with E-state index in [1.165, 1.54) is 32.1 Å². The van der Waals surface area contributed by atoms with Gasteiger partial charge in [0.25, 0.3) is 0 Å². The Morgan fingerprint density at radius 2 is 2.00 bits per heavy atom. The van der Waals surface area contributed by atoms with E-state index in [2.05, 4.69) is 0 Å². The molecule has 0 bridgehead atoms. The van der Waals surface area contributed by atoms with Crippen molar-refractivity contribution < 1.29 is 19.4 Å². The molecule has 1 heterocycles. The number of aliphatic carboxylic acids is 1. The monoisotopic (exact) mass is 312 g/mol. The summed E-state index contributed by atoms with van der Waals surface area (Å²) in [5.74, 6) is -0.0538. The molecule has 6 heteroatoms. The minimum absolute atomic E-state index is 0.00409. The van der Waals surface area contributed by atoms with Gasteiger partial charge >= 0.3 is 5.97 Å². The zero-order valence-corrected chi connectivity index (χ0v) is 13.5.